The van der Waals surface area contributed by atoms with E-state index in [4.69, 9.17) is 0 Å². The predicted molar refractivity (Wildman–Crippen MR) is 121 cm³/mol. The summed E-state index contributed by atoms with van der Waals surface area (Å²) in [7, 11) is 1.67. The standard InChI is InChI=1S/C19H22BrFN4O.HI/c1-22-19(24-11-10-14-4-2-3-5-17(14)21)25-13-12-23-18(26)15-6-8-16(20)9-7-15;/h2-9H,10-13H2,1H3,(H,23,26)(H2,22,24,25);1H. The third-order valence-corrected chi connectivity index (χ3v) is 4.21. The summed E-state index contributed by atoms with van der Waals surface area (Å²) in [6.45, 7) is 1.55. The highest BCUT2D eigenvalue weighted by Gasteiger charge is 2.05. The Hall–Kier alpha value is -1.68. The lowest BCUT2D eigenvalue weighted by atomic mass is 10.1. The number of guanidine groups is 1. The number of carbonyl (C=O) groups excluding carboxylic acids is 1. The molecular weight excluding hydrogens is 526 g/mol. The van der Waals surface area contributed by atoms with Crippen LogP contribution < -0.4 is 16.0 Å². The zero-order valence-corrected chi connectivity index (χ0v) is 18.9. The monoisotopic (exact) mass is 548 g/mol. The van der Waals surface area contributed by atoms with Crippen LogP contribution in [0, 0.1) is 5.82 Å². The van der Waals surface area contributed by atoms with Crippen LogP contribution in [0.15, 0.2) is 58.0 Å². The number of amides is 1. The minimum Gasteiger partial charge on any atom is -0.356 e. The number of carbonyl (C=O) groups is 1. The molecule has 27 heavy (non-hydrogen) atoms. The van der Waals surface area contributed by atoms with Gasteiger partial charge in [-0.05, 0) is 42.3 Å². The summed E-state index contributed by atoms with van der Waals surface area (Å²) >= 11 is 3.34. The van der Waals surface area contributed by atoms with Crippen molar-refractivity contribution >= 4 is 51.8 Å². The molecule has 0 aliphatic rings. The van der Waals surface area contributed by atoms with Gasteiger partial charge in [-0.15, -0.1) is 24.0 Å². The van der Waals surface area contributed by atoms with Gasteiger partial charge in [0.1, 0.15) is 5.82 Å². The number of nitrogens with one attached hydrogen (secondary N) is 3. The number of benzene rings is 2. The van der Waals surface area contributed by atoms with Gasteiger partial charge in [0.15, 0.2) is 5.96 Å². The molecule has 5 nitrogen and oxygen atoms in total. The van der Waals surface area contributed by atoms with E-state index in [2.05, 4.69) is 36.9 Å². The number of rotatable bonds is 7. The Balaban J connectivity index is 0.00000364. The first kappa shape index (κ1) is 23.4. The molecule has 0 bridgehead atoms. The third-order valence-electron chi connectivity index (χ3n) is 3.68. The van der Waals surface area contributed by atoms with Crippen LogP contribution in [0.4, 0.5) is 4.39 Å². The maximum Gasteiger partial charge on any atom is 0.251 e. The van der Waals surface area contributed by atoms with Crippen molar-refractivity contribution in [2.45, 2.75) is 6.42 Å². The van der Waals surface area contributed by atoms with E-state index in [9.17, 15) is 9.18 Å². The fourth-order valence-electron chi connectivity index (χ4n) is 2.30. The summed E-state index contributed by atoms with van der Waals surface area (Å²) < 4.78 is 14.5. The van der Waals surface area contributed by atoms with Crippen molar-refractivity contribution in [1.29, 1.82) is 0 Å². The molecule has 1 amide bonds. The van der Waals surface area contributed by atoms with Crippen LogP contribution in [-0.4, -0.2) is 38.5 Å². The van der Waals surface area contributed by atoms with Crippen LogP contribution in [0.1, 0.15) is 15.9 Å². The third kappa shape index (κ3) is 8.25. The highest BCUT2D eigenvalue weighted by atomic mass is 127. The maximum absolute atomic E-state index is 13.6. The maximum atomic E-state index is 13.6. The number of hydrogen-bond donors (Lipinski definition) is 3. The number of aliphatic imine (C=N–C) groups is 1. The number of halogens is 3. The van der Waals surface area contributed by atoms with Crippen LogP contribution in [0.25, 0.3) is 0 Å². The second-order valence-electron chi connectivity index (χ2n) is 5.53. The fraction of sp³-hybridized carbons (Fsp3) is 0.263. The average molecular weight is 549 g/mol. The molecule has 3 N–H and O–H groups in total. The van der Waals surface area contributed by atoms with E-state index in [0.29, 0.717) is 43.1 Å². The average Bonchev–Trinajstić information content (AvgIpc) is 2.65. The molecular formula is C19H23BrFIN4O. The van der Waals surface area contributed by atoms with Crippen molar-refractivity contribution in [3.63, 3.8) is 0 Å². The van der Waals surface area contributed by atoms with Crippen molar-refractivity contribution in [2.24, 2.45) is 4.99 Å². The molecule has 0 saturated heterocycles. The van der Waals surface area contributed by atoms with E-state index in [1.54, 1.807) is 31.3 Å². The van der Waals surface area contributed by atoms with Crippen LogP contribution in [0.2, 0.25) is 0 Å². The minimum atomic E-state index is -0.201. The Morgan fingerprint density at radius 1 is 1.00 bits per heavy atom. The Labute approximate surface area is 184 Å². The van der Waals surface area contributed by atoms with E-state index in [1.165, 1.54) is 6.07 Å². The first-order valence-corrected chi connectivity index (χ1v) is 9.11. The van der Waals surface area contributed by atoms with Gasteiger partial charge in [-0.2, -0.15) is 0 Å². The van der Waals surface area contributed by atoms with Gasteiger partial charge in [-0.3, -0.25) is 9.79 Å². The Kier molecular flexibility index (Phi) is 11.0. The summed E-state index contributed by atoms with van der Waals surface area (Å²) in [5.74, 6) is 0.286. The van der Waals surface area contributed by atoms with E-state index in [-0.39, 0.29) is 35.7 Å². The molecule has 2 rings (SSSR count). The molecule has 2 aromatic rings. The molecule has 0 heterocycles. The second-order valence-corrected chi connectivity index (χ2v) is 6.45. The summed E-state index contributed by atoms with van der Waals surface area (Å²) in [6.07, 6.45) is 0.563. The molecule has 0 atom stereocenters. The molecule has 0 saturated carbocycles. The Morgan fingerprint density at radius 3 is 2.30 bits per heavy atom. The zero-order chi connectivity index (χ0) is 18.8. The first-order valence-electron chi connectivity index (χ1n) is 8.32. The van der Waals surface area contributed by atoms with E-state index < -0.39 is 0 Å². The summed E-state index contributed by atoms with van der Waals surface area (Å²) in [5, 5.41) is 9.07. The highest BCUT2D eigenvalue weighted by Crippen LogP contribution is 2.10. The molecule has 0 fully saturated rings. The van der Waals surface area contributed by atoms with Crippen LogP contribution in [-0.2, 0) is 6.42 Å². The van der Waals surface area contributed by atoms with Gasteiger partial charge in [0.05, 0.1) is 0 Å². The summed E-state index contributed by atoms with van der Waals surface area (Å²) in [6, 6.07) is 13.9. The minimum absolute atomic E-state index is 0. The molecule has 2 aromatic carbocycles. The summed E-state index contributed by atoms with van der Waals surface area (Å²) in [4.78, 5) is 16.1. The van der Waals surface area contributed by atoms with Crippen molar-refractivity contribution in [3.05, 3.63) is 69.9 Å². The first-order chi connectivity index (χ1) is 12.6. The molecule has 0 aliphatic carbocycles. The van der Waals surface area contributed by atoms with Crippen molar-refractivity contribution in [1.82, 2.24) is 16.0 Å². The van der Waals surface area contributed by atoms with Crippen molar-refractivity contribution < 1.29 is 9.18 Å². The molecule has 0 aromatic heterocycles. The van der Waals surface area contributed by atoms with Gasteiger partial charge in [0.2, 0.25) is 0 Å². The second kappa shape index (κ2) is 12.7. The van der Waals surface area contributed by atoms with E-state index in [0.717, 1.165) is 4.47 Å². The van der Waals surface area contributed by atoms with Crippen molar-refractivity contribution in [3.8, 4) is 0 Å². The van der Waals surface area contributed by atoms with Gasteiger partial charge in [-0.25, -0.2) is 4.39 Å². The van der Waals surface area contributed by atoms with Gasteiger partial charge >= 0.3 is 0 Å². The topological polar surface area (TPSA) is 65.5 Å². The highest BCUT2D eigenvalue weighted by molar-refractivity contribution is 14.0. The van der Waals surface area contributed by atoms with E-state index >= 15 is 0 Å². The fourth-order valence-corrected chi connectivity index (χ4v) is 2.56. The van der Waals surface area contributed by atoms with Gasteiger partial charge in [0.25, 0.3) is 5.91 Å². The Bertz CT molecular complexity index is 756. The largest absolute Gasteiger partial charge is 0.356 e. The smallest absolute Gasteiger partial charge is 0.251 e. The SMILES string of the molecule is CN=C(NCCNC(=O)c1ccc(Br)cc1)NCCc1ccccc1F.I. The predicted octanol–water partition coefficient (Wildman–Crippen LogP) is 3.34. The van der Waals surface area contributed by atoms with Gasteiger partial charge in [-0.1, -0.05) is 34.1 Å². The molecule has 0 unspecified atom stereocenters. The lowest BCUT2D eigenvalue weighted by Crippen LogP contribution is -2.42. The molecule has 0 aliphatic heterocycles. The van der Waals surface area contributed by atoms with E-state index in [1.807, 2.05) is 18.2 Å². The van der Waals surface area contributed by atoms with Gasteiger partial charge < -0.3 is 16.0 Å². The lowest BCUT2D eigenvalue weighted by Gasteiger charge is -2.12. The lowest BCUT2D eigenvalue weighted by molar-refractivity contribution is 0.0954. The molecule has 146 valence electrons. The van der Waals surface area contributed by atoms with Crippen LogP contribution >= 0.6 is 39.9 Å². The van der Waals surface area contributed by atoms with Crippen molar-refractivity contribution in [2.75, 3.05) is 26.7 Å². The number of nitrogens with zero attached hydrogens (tertiary/aromatic N) is 1. The van der Waals surface area contributed by atoms with Crippen LogP contribution in [0.3, 0.4) is 0 Å². The molecule has 8 heteroatoms. The number of hydrogen-bond acceptors (Lipinski definition) is 2. The molecule has 0 spiro atoms. The zero-order valence-electron chi connectivity index (χ0n) is 15.0. The normalized spacial score (nSPS) is 10.7. The van der Waals surface area contributed by atoms with Gasteiger partial charge in [0, 0.05) is 36.7 Å². The Morgan fingerprint density at radius 2 is 1.63 bits per heavy atom. The van der Waals surface area contributed by atoms with Crippen LogP contribution in [0.5, 0.6) is 0 Å². The molecule has 0 radical (unpaired) electrons. The summed E-state index contributed by atoms with van der Waals surface area (Å²) in [5.41, 5.74) is 1.28. The quantitative estimate of drug-likeness (QED) is 0.215.